The molecule has 24 heavy (non-hydrogen) atoms. The third-order valence-corrected chi connectivity index (χ3v) is 5.24. The van der Waals surface area contributed by atoms with E-state index in [0.717, 1.165) is 23.7 Å². The number of nitrogens with one attached hydrogen (secondary N) is 3. The quantitative estimate of drug-likeness (QED) is 0.747. The summed E-state index contributed by atoms with van der Waals surface area (Å²) in [6.07, 6.45) is 5.88. The van der Waals surface area contributed by atoms with Gasteiger partial charge in [-0.25, -0.2) is 5.43 Å². The Bertz CT molecular complexity index is 680. The third-order valence-electron chi connectivity index (χ3n) is 5.24. The van der Waals surface area contributed by atoms with Crippen LogP contribution in [0.4, 0.5) is 0 Å². The number of carbonyl (C=O) groups excluding carboxylic acids is 1. The summed E-state index contributed by atoms with van der Waals surface area (Å²) in [4.78, 5) is 12.5. The van der Waals surface area contributed by atoms with Crippen LogP contribution in [0.15, 0.2) is 30.1 Å². The first-order valence-electron chi connectivity index (χ1n) is 8.92. The van der Waals surface area contributed by atoms with E-state index in [1.165, 1.54) is 30.4 Å². The van der Waals surface area contributed by atoms with Crippen molar-refractivity contribution in [3.05, 3.63) is 46.8 Å². The molecule has 0 saturated heterocycles. The molecule has 0 aromatic heterocycles. The smallest absolute Gasteiger partial charge is 0.255 e. The molecule has 0 spiro atoms. The van der Waals surface area contributed by atoms with E-state index >= 15 is 0 Å². The summed E-state index contributed by atoms with van der Waals surface area (Å²) >= 11 is 0. The van der Waals surface area contributed by atoms with E-state index in [4.69, 9.17) is 0 Å². The van der Waals surface area contributed by atoms with Crippen molar-refractivity contribution in [1.29, 1.82) is 0 Å². The molecule has 1 heterocycles. The molecule has 0 unspecified atom stereocenters. The fraction of sp³-hybridized carbons (Fsp3) is 0.526. The van der Waals surface area contributed by atoms with Crippen LogP contribution in [0, 0.1) is 12.8 Å². The van der Waals surface area contributed by atoms with Gasteiger partial charge in [0, 0.05) is 30.8 Å². The van der Waals surface area contributed by atoms with Gasteiger partial charge in [0.05, 0.1) is 12.2 Å². The number of nitrogens with zero attached hydrogens (tertiary/aromatic N) is 1. The number of rotatable bonds is 6. The molecule has 5 nitrogen and oxygen atoms in total. The first-order valence-corrected chi connectivity index (χ1v) is 8.92. The van der Waals surface area contributed by atoms with E-state index in [9.17, 15) is 4.79 Å². The van der Waals surface area contributed by atoms with Gasteiger partial charge in [0.1, 0.15) is 0 Å². The molecule has 2 aliphatic carbocycles. The molecule has 2 fully saturated rings. The highest BCUT2D eigenvalue weighted by atomic mass is 16.1. The van der Waals surface area contributed by atoms with Gasteiger partial charge in [-0.15, -0.1) is 0 Å². The molecular formula is C19H26N4O. The van der Waals surface area contributed by atoms with Gasteiger partial charge < -0.3 is 15.6 Å². The standard InChI is InChI=1S/C19H26N4O/c1-12-3-6-14(19(24)22-15-10-21-23(2)11-15)7-16(12)17-8-18(17)20-9-13-4-5-13/h3,6-7,11,13,17-18,20-21H,4-5,8-10H2,1-2H3,(H,22,24)/t17-,18+/m0/s1. The number of hydrogen-bond acceptors (Lipinski definition) is 4. The average Bonchev–Trinajstić information content (AvgIpc) is 3.46. The minimum atomic E-state index is -0.0252. The second kappa shape index (κ2) is 6.22. The normalized spacial score (nSPS) is 25.6. The lowest BCUT2D eigenvalue weighted by Crippen LogP contribution is -2.27. The van der Waals surface area contributed by atoms with Crippen molar-refractivity contribution in [2.75, 3.05) is 20.1 Å². The van der Waals surface area contributed by atoms with Crippen LogP contribution in [-0.2, 0) is 0 Å². The highest BCUT2D eigenvalue weighted by Gasteiger charge is 2.40. The first kappa shape index (κ1) is 15.7. The van der Waals surface area contributed by atoms with Gasteiger partial charge in [-0.2, -0.15) is 0 Å². The lowest BCUT2D eigenvalue weighted by Gasteiger charge is -2.10. The number of aryl methyl sites for hydroxylation is 1. The summed E-state index contributed by atoms with van der Waals surface area (Å²) in [5.74, 6) is 1.45. The molecular weight excluding hydrogens is 300 g/mol. The van der Waals surface area contributed by atoms with E-state index < -0.39 is 0 Å². The third kappa shape index (κ3) is 3.47. The van der Waals surface area contributed by atoms with Crippen molar-refractivity contribution in [2.45, 2.75) is 38.1 Å². The predicted octanol–water partition coefficient (Wildman–Crippen LogP) is 1.87. The fourth-order valence-corrected chi connectivity index (χ4v) is 3.41. The zero-order valence-electron chi connectivity index (χ0n) is 14.4. The molecule has 1 aliphatic heterocycles. The molecule has 128 valence electrons. The summed E-state index contributed by atoms with van der Waals surface area (Å²) in [5, 5.41) is 8.53. The second-order valence-corrected chi connectivity index (χ2v) is 7.43. The molecule has 1 aromatic rings. The van der Waals surface area contributed by atoms with E-state index in [1.54, 1.807) is 0 Å². The number of amides is 1. The maximum atomic E-state index is 12.5. The van der Waals surface area contributed by atoms with Crippen LogP contribution in [0.1, 0.15) is 46.7 Å². The van der Waals surface area contributed by atoms with Crippen molar-refractivity contribution in [3.8, 4) is 0 Å². The fourth-order valence-electron chi connectivity index (χ4n) is 3.41. The Morgan fingerprint density at radius 2 is 2.21 bits per heavy atom. The molecule has 0 bridgehead atoms. The van der Waals surface area contributed by atoms with Gasteiger partial charge >= 0.3 is 0 Å². The van der Waals surface area contributed by atoms with Crippen LogP contribution >= 0.6 is 0 Å². The summed E-state index contributed by atoms with van der Waals surface area (Å²) in [5.41, 5.74) is 7.39. The predicted molar refractivity (Wildman–Crippen MR) is 94.4 cm³/mol. The van der Waals surface area contributed by atoms with Crippen molar-refractivity contribution >= 4 is 5.91 Å². The molecule has 4 rings (SSSR count). The minimum Gasteiger partial charge on any atom is -0.323 e. The molecule has 2 saturated carbocycles. The largest absolute Gasteiger partial charge is 0.323 e. The molecule has 2 atom stereocenters. The van der Waals surface area contributed by atoms with E-state index in [1.807, 2.05) is 24.3 Å². The highest BCUT2D eigenvalue weighted by Crippen LogP contribution is 2.43. The summed E-state index contributed by atoms with van der Waals surface area (Å²) in [7, 11) is 1.92. The summed E-state index contributed by atoms with van der Waals surface area (Å²) in [6, 6.07) is 6.68. The Balaban J connectivity index is 1.41. The van der Waals surface area contributed by atoms with Crippen molar-refractivity contribution < 1.29 is 4.79 Å². The minimum absolute atomic E-state index is 0.0252. The molecule has 0 radical (unpaired) electrons. The topological polar surface area (TPSA) is 56.4 Å². The number of hydrazine groups is 1. The maximum Gasteiger partial charge on any atom is 0.255 e. The Morgan fingerprint density at radius 3 is 2.92 bits per heavy atom. The van der Waals surface area contributed by atoms with E-state index in [-0.39, 0.29) is 5.91 Å². The zero-order valence-corrected chi connectivity index (χ0v) is 14.4. The van der Waals surface area contributed by atoms with Crippen LogP contribution in [-0.4, -0.2) is 37.1 Å². The Hall–Kier alpha value is -1.85. The van der Waals surface area contributed by atoms with E-state index in [0.29, 0.717) is 18.5 Å². The second-order valence-electron chi connectivity index (χ2n) is 7.43. The van der Waals surface area contributed by atoms with Crippen molar-refractivity contribution in [1.82, 2.24) is 21.1 Å². The van der Waals surface area contributed by atoms with Gasteiger partial charge in [0.2, 0.25) is 0 Å². The lowest BCUT2D eigenvalue weighted by molar-refractivity contribution is 0.0965. The van der Waals surface area contributed by atoms with Crippen LogP contribution in [0.2, 0.25) is 0 Å². The van der Waals surface area contributed by atoms with Gasteiger partial charge in [-0.05, 0) is 61.9 Å². The summed E-state index contributed by atoms with van der Waals surface area (Å²) < 4.78 is 0. The van der Waals surface area contributed by atoms with Gasteiger partial charge in [0.15, 0.2) is 0 Å². The van der Waals surface area contributed by atoms with Gasteiger partial charge in [-0.1, -0.05) is 6.07 Å². The first-order chi connectivity index (χ1) is 11.6. The monoisotopic (exact) mass is 326 g/mol. The van der Waals surface area contributed by atoms with Crippen LogP contribution < -0.4 is 16.1 Å². The van der Waals surface area contributed by atoms with E-state index in [2.05, 4.69) is 35.1 Å². The Morgan fingerprint density at radius 1 is 1.38 bits per heavy atom. The molecule has 1 amide bonds. The van der Waals surface area contributed by atoms with Crippen molar-refractivity contribution in [3.63, 3.8) is 0 Å². The molecule has 5 heteroatoms. The zero-order chi connectivity index (χ0) is 16.7. The lowest BCUT2D eigenvalue weighted by atomic mass is 10.0. The Labute approximate surface area is 143 Å². The van der Waals surface area contributed by atoms with Crippen LogP contribution in [0.25, 0.3) is 0 Å². The van der Waals surface area contributed by atoms with Gasteiger partial charge in [0.25, 0.3) is 5.91 Å². The molecule has 1 aromatic carbocycles. The van der Waals surface area contributed by atoms with Crippen LogP contribution in [0.5, 0.6) is 0 Å². The van der Waals surface area contributed by atoms with Crippen LogP contribution in [0.3, 0.4) is 0 Å². The maximum absolute atomic E-state index is 12.5. The SMILES string of the molecule is Cc1ccc(C(=O)NC2=CN(C)NC2)cc1[C@@H]1C[C@H]1NCC1CC1. The number of hydrogen-bond donors (Lipinski definition) is 3. The average molecular weight is 326 g/mol. The molecule has 3 aliphatic rings. The number of benzene rings is 1. The van der Waals surface area contributed by atoms with Gasteiger partial charge in [-0.3, -0.25) is 4.79 Å². The van der Waals surface area contributed by atoms with Crippen molar-refractivity contribution in [2.24, 2.45) is 5.92 Å². The molecule has 3 N–H and O–H groups in total. The summed E-state index contributed by atoms with van der Waals surface area (Å²) in [6.45, 7) is 3.97. The number of carbonyl (C=O) groups is 1. The highest BCUT2D eigenvalue weighted by molar-refractivity contribution is 5.95. The Kier molecular flexibility index (Phi) is 4.06.